The minimum absolute atomic E-state index is 0.0104. The van der Waals surface area contributed by atoms with Crippen LogP contribution in [-0.2, 0) is 6.61 Å². The van der Waals surface area contributed by atoms with Gasteiger partial charge in [-0.05, 0) is 29.8 Å². The van der Waals surface area contributed by atoms with Crippen molar-refractivity contribution in [2.24, 2.45) is 0 Å². The number of pyridine rings is 1. The Balaban J connectivity index is 1.97. The number of rotatable bonds is 5. The van der Waals surface area contributed by atoms with E-state index >= 15 is 0 Å². The van der Waals surface area contributed by atoms with E-state index in [0.717, 1.165) is 5.56 Å². The van der Waals surface area contributed by atoms with Gasteiger partial charge in [-0.2, -0.15) is 0 Å². The van der Waals surface area contributed by atoms with Crippen molar-refractivity contribution in [3.05, 3.63) is 60.6 Å². The van der Waals surface area contributed by atoms with Crippen molar-refractivity contribution in [3.63, 3.8) is 0 Å². The summed E-state index contributed by atoms with van der Waals surface area (Å²) in [5, 5.41) is 9.08. The molecule has 3 rings (SSSR count). The average molecular weight is 309 g/mol. The number of benzene rings is 1. The topological polar surface area (TPSA) is 77.4 Å². The molecule has 0 spiro atoms. The van der Waals surface area contributed by atoms with Gasteiger partial charge in [0.2, 0.25) is 11.8 Å². The predicted octanol–water partition coefficient (Wildman–Crippen LogP) is 2.83. The van der Waals surface area contributed by atoms with Gasteiger partial charge < -0.3 is 14.6 Å². The van der Waals surface area contributed by atoms with Gasteiger partial charge >= 0.3 is 0 Å². The first-order valence-corrected chi connectivity index (χ1v) is 7.00. The van der Waals surface area contributed by atoms with Crippen LogP contribution in [0.3, 0.4) is 0 Å². The lowest BCUT2D eigenvalue weighted by atomic mass is 10.2. The number of aliphatic hydroxyl groups excluding tert-OH is 1. The first-order chi connectivity index (χ1) is 11.3. The summed E-state index contributed by atoms with van der Waals surface area (Å²) < 4.78 is 11.1. The van der Waals surface area contributed by atoms with Crippen LogP contribution in [-0.4, -0.2) is 27.2 Å². The van der Waals surface area contributed by atoms with Gasteiger partial charge in [0.05, 0.1) is 19.3 Å². The highest BCUT2D eigenvalue weighted by Gasteiger charge is 2.15. The third kappa shape index (κ3) is 3.27. The zero-order chi connectivity index (χ0) is 16.1. The van der Waals surface area contributed by atoms with E-state index in [-0.39, 0.29) is 6.61 Å². The van der Waals surface area contributed by atoms with E-state index < -0.39 is 0 Å². The zero-order valence-corrected chi connectivity index (χ0v) is 12.5. The van der Waals surface area contributed by atoms with Gasteiger partial charge in [-0.15, -0.1) is 0 Å². The Morgan fingerprint density at radius 1 is 0.913 bits per heavy atom. The Hall–Kier alpha value is -2.99. The fourth-order valence-electron chi connectivity index (χ4n) is 2.09. The number of aromatic nitrogens is 3. The molecule has 6 heteroatoms. The Morgan fingerprint density at radius 2 is 1.65 bits per heavy atom. The van der Waals surface area contributed by atoms with E-state index in [1.54, 1.807) is 56.0 Å². The summed E-state index contributed by atoms with van der Waals surface area (Å²) in [6.07, 6.45) is 4.79. The Morgan fingerprint density at radius 3 is 2.39 bits per heavy atom. The van der Waals surface area contributed by atoms with Crippen molar-refractivity contribution in [2.45, 2.75) is 6.61 Å². The second kappa shape index (κ2) is 6.85. The van der Waals surface area contributed by atoms with Crippen LogP contribution < -0.4 is 9.47 Å². The SMILES string of the molecule is COc1ncccc1-c1nccnc1Oc1ccc(CO)cc1. The van der Waals surface area contributed by atoms with Gasteiger partial charge in [0.15, 0.2) is 0 Å². The number of methoxy groups -OCH3 is 1. The molecule has 3 aromatic rings. The highest BCUT2D eigenvalue weighted by atomic mass is 16.5. The molecule has 0 atom stereocenters. The summed E-state index contributed by atoms with van der Waals surface area (Å²) in [6.45, 7) is -0.0104. The first-order valence-electron chi connectivity index (χ1n) is 7.00. The third-order valence-electron chi connectivity index (χ3n) is 3.20. The molecule has 0 radical (unpaired) electrons. The number of hydrogen-bond donors (Lipinski definition) is 1. The minimum Gasteiger partial charge on any atom is -0.481 e. The molecular formula is C17H15N3O3. The van der Waals surface area contributed by atoms with Crippen LogP contribution in [0.25, 0.3) is 11.3 Å². The smallest absolute Gasteiger partial charge is 0.246 e. The average Bonchev–Trinajstić information content (AvgIpc) is 2.63. The van der Waals surface area contributed by atoms with Crippen molar-refractivity contribution in [1.82, 2.24) is 15.0 Å². The van der Waals surface area contributed by atoms with Gasteiger partial charge in [-0.1, -0.05) is 12.1 Å². The van der Waals surface area contributed by atoms with Crippen molar-refractivity contribution >= 4 is 0 Å². The number of nitrogens with zero attached hydrogens (tertiary/aromatic N) is 3. The standard InChI is InChI=1S/C17H15N3O3/c1-22-16-14(3-2-8-19-16)15-17(20-10-9-18-15)23-13-6-4-12(11-21)5-7-13/h2-10,21H,11H2,1H3. The summed E-state index contributed by atoms with van der Waals surface area (Å²) in [4.78, 5) is 12.8. The maximum atomic E-state index is 9.08. The predicted molar refractivity (Wildman–Crippen MR) is 84.3 cm³/mol. The van der Waals surface area contributed by atoms with Gasteiger partial charge in [0.25, 0.3) is 0 Å². The van der Waals surface area contributed by atoms with Crippen LogP contribution in [0.15, 0.2) is 55.0 Å². The van der Waals surface area contributed by atoms with Crippen LogP contribution in [0.5, 0.6) is 17.5 Å². The maximum absolute atomic E-state index is 9.08. The molecule has 0 fully saturated rings. The third-order valence-corrected chi connectivity index (χ3v) is 3.20. The monoisotopic (exact) mass is 309 g/mol. The lowest BCUT2D eigenvalue weighted by Crippen LogP contribution is -1.97. The molecular weight excluding hydrogens is 294 g/mol. The maximum Gasteiger partial charge on any atom is 0.246 e. The van der Waals surface area contributed by atoms with E-state index in [1.807, 2.05) is 6.07 Å². The molecule has 6 nitrogen and oxygen atoms in total. The second-order valence-electron chi connectivity index (χ2n) is 4.67. The van der Waals surface area contributed by atoms with E-state index in [4.69, 9.17) is 14.6 Å². The molecule has 0 aliphatic heterocycles. The Labute approximate surface area is 133 Å². The first kappa shape index (κ1) is 14.9. The fraction of sp³-hybridized carbons (Fsp3) is 0.118. The number of hydrogen-bond acceptors (Lipinski definition) is 6. The summed E-state index contributed by atoms with van der Waals surface area (Å²) in [6, 6.07) is 10.8. The molecule has 0 aliphatic rings. The summed E-state index contributed by atoms with van der Waals surface area (Å²) in [5.74, 6) is 1.41. The summed E-state index contributed by atoms with van der Waals surface area (Å²) in [5.41, 5.74) is 2.06. The van der Waals surface area contributed by atoms with Crippen molar-refractivity contribution in [2.75, 3.05) is 7.11 Å². The van der Waals surface area contributed by atoms with Crippen LogP contribution in [0, 0.1) is 0 Å². The minimum atomic E-state index is -0.0104. The number of ether oxygens (including phenoxy) is 2. The normalized spacial score (nSPS) is 10.3. The van der Waals surface area contributed by atoms with Crippen molar-refractivity contribution < 1.29 is 14.6 Å². The molecule has 2 aromatic heterocycles. The highest BCUT2D eigenvalue weighted by Crippen LogP contribution is 2.33. The lowest BCUT2D eigenvalue weighted by Gasteiger charge is -2.11. The van der Waals surface area contributed by atoms with Gasteiger partial charge in [-0.3, -0.25) is 0 Å². The van der Waals surface area contributed by atoms with Gasteiger partial charge in [0.1, 0.15) is 11.4 Å². The summed E-state index contributed by atoms with van der Waals surface area (Å²) >= 11 is 0. The molecule has 0 saturated heterocycles. The molecule has 0 unspecified atom stereocenters. The lowest BCUT2D eigenvalue weighted by molar-refractivity contribution is 0.281. The van der Waals surface area contributed by atoms with E-state index in [0.29, 0.717) is 28.8 Å². The second-order valence-corrected chi connectivity index (χ2v) is 4.67. The molecule has 116 valence electrons. The van der Waals surface area contributed by atoms with Crippen molar-refractivity contribution in [3.8, 4) is 28.8 Å². The Kier molecular flexibility index (Phi) is 4.44. The van der Waals surface area contributed by atoms with Crippen LogP contribution >= 0.6 is 0 Å². The summed E-state index contributed by atoms with van der Waals surface area (Å²) in [7, 11) is 1.55. The van der Waals surface area contributed by atoms with Crippen molar-refractivity contribution in [1.29, 1.82) is 0 Å². The zero-order valence-electron chi connectivity index (χ0n) is 12.5. The molecule has 0 bridgehead atoms. The van der Waals surface area contributed by atoms with Gasteiger partial charge in [0, 0.05) is 18.6 Å². The quantitative estimate of drug-likeness (QED) is 0.781. The van der Waals surface area contributed by atoms with E-state index in [1.165, 1.54) is 0 Å². The largest absolute Gasteiger partial charge is 0.481 e. The fourth-order valence-corrected chi connectivity index (χ4v) is 2.09. The molecule has 1 aromatic carbocycles. The molecule has 0 amide bonds. The van der Waals surface area contributed by atoms with Gasteiger partial charge in [-0.25, -0.2) is 15.0 Å². The van der Waals surface area contributed by atoms with Crippen LogP contribution in [0.1, 0.15) is 5.56 Å². The number of aliphatic hydroxyl groups is 1. The molecule has 23 heavy (non-hydrogen) atoms. The van der Waals surface area contributed by atoms with E-state index in [9.17, 15) is 0 Å². The highest BCUT2D eigenvalue weighted by molar-refractivity contribution is 5.69. The molecule has 1 N–H and O–H groups in total. The van der Waals surface area contributed by atoms with Crippen LogP contribution in [0.4, 0.5) is 0 Å². The van der Waals surface area contributed by atoms with Crippen LogP contribution in [0.2, 0.25) is 0 Å². The van der Waals surface area contributed by atoms with E-state index in [2.05, 4.69) is 15.0 Å². The molecule has 0 aliphatic carbocycles. The molecule has 0 saturated carbocycles. The Bertz CT molecular complexity index is 791. The molecule has 2 heterocycles.